The lowest BCUT2D eigenvalue weighted by molar-refractivity contribution is -0.142. The number of thiophene rings is 1. The molecule has 3 N–H and O–H groups in total. The number of nitrogens with zero attached hydrogens (tertiary/aromatic N) is 8. The molecule has 2 aliphatic rings. The van der Waals surface area contributed by atoms with E-state index in [4.69, 9.17) is 26.1 Å². The second-order valence-corrected chi connectivity index (χ2v) is 21.1. The van der Waals surface area contributed by atoms with Crippen LogP contribution in [0.4, 0.5) is 0 Å². The van der Waals surface area contributed by atoms with E-state index in [0.717, 1.165) is 54.0 Å². The van der Waals surface area contributed by atoms with Crippen molar-refractivity contribution in [2.75, 3.05) is 33.4 Å². The number of hydrogen-bond acceptors (Lipinski definition) is 13. The number of carbonyl (C=O) groups excluding carboxylic acids is 4. The predicted molar refractivity (Wildman–Crippen MR) is 270 cm³/mol. The van der Waals surface area contributed by atoms with Crippen molar-refractivity contribution in [2.45, 2.75) is 98.6 Å². The molecule has 0 radical (unpaired) electrons. The number of aromatic nitrogens is 6. The smallest absolute Gasteiger partial charge is 0.272 e. The third-order valence-electron chi connectivity index (χ3n) is 12.6. The van der Waals surface area contributed by atoms with Crippen LogP contribution in [0.25, 0.3) is 15.4 Å². The number of ether oxygens (including phenoxy) is 2. The fourth-order valence-electron chi connectivity index (χ4n) is 8.65. The lowest BCUT2D eigenvalue weighted by Crippen LogP contribution is -2.57. The number of fused-ring (bicyclic) bond motifs is 3. The topological polar surface area (TPSA) is 200 Å². The van der Waals surface area contributed by atoms with Gasteiger partial charge in [0.15, 0.2) is 5.82 Å². The van der Waals surface area contributed by atoms with Gasteiger partial charge in [0, 0.05) is 60.4 Å². The molecular formula is C50H58ClN11O6S2. The Bertz CT molecular complexity index is 2900. The van der Waals surface area contributed by atoms with Crippen LogP contribution in [0.1, 0.15) is 94.6 Å². The minimum Gasteiger partial charge on any atom is -0.380 e. The zero-order valence-electron chi connectivity index (χ0n) is 40.5. The maximum atomic E-state index is 14.3. The van der Waals surface area contributed by atoms with E-state index >= 15 is 0 Å². The van der Waals surface area contributed by atoms with Gasteiger partial charge < -0.3 is 30.3 Å². The minimum absolute atomic E-state index is 0.0501. The lowest BCUT2D eigenvalue weighted by Gasteiger charge is -2.35. The Morgan fingerprint density at radius 2 is 1.69 bits per heavy atom. The van der Waals surface area contributed by atoms with Crippen molar-refractivity contribution in [1.29, 1.82) is 0 Å². The summed E-state index contributed by atoms with van der Waals surface area (Å²) in [6.45, 7) is 15.2. The molecule has 0 bridgehead atoms. The summed E-state index contributed by atoms with van der Waals surface area (Å²) in [5.74, 6) is -0.102. The van der Waals surface area contributed by atoms with Crippen LogP contribution in [0, 0.1) is 33.1 Å². The van der Waals surface area contributed by atoms with Crippen molar-refractivity contribution in [3.8, 4) is 15.4 Å². The van der Waals surface area contributed by atoms with E-state index in [1.54, 1.807) is 46.7 Å². The van der Waals surface area contributed by atoms with Crippen molar-refractivity contribution in [1.82, 2.24) is 50.4 Å². The van der Waals surface area contributed by atoms with Crippen molar-refractivity contribution in [3.63, 3.8) is 0 Å². The maximum absolute atomic E-state index is 14.3. The fourth-order valence-corrected chi connectivity index (χ4v) is 10.8. The van der Waals surface area contributed by atoms with Gasteiger partial charge in [-0.1, -0.05) is 68.8 Å². The summed E-state index contributed by atoms with van der Waals surface area (Å²) in [6.07, 6.45) is 1.69. The van der Waals surface area contributed by atoms with Crippen LogP contribution in [0.5, 0.6) is 0 Å². The van der Waals surface area contributed by atoms with Crippen molar-refractivity contribution >= 4 is 63.6 Å². The molecule has 2 aliphatic heterocycles. The molecule has 6 heterocycles. The van der Waals surface area contributed by atoms with Gasteiger partial charge in [-0.3, -0.25) is 33.4 Å². The molecule has 368 valence electrons. The molecule has 1 saturated heterocycles. The normalized spacial score (nSPS) is 17.1. The lowest BCUT2D eigenvalue weighted by atomic mass is 9.85. The van der Waals surface area contributed by atoms with Gasteiger partial charge >= 0.3 is 0 Å². The number of nitrogens with one attached hydrogen (secondary N) is 3. The van der Waals surface area contributed by atoms with Crippen LogP contribution in [0.15, 0.2) is 71.3 Å². The summed E-state index contributed by atoms with van der Waals surface area (Å²) >= 11 is 9.48. The predicted octanol–water partition coefficient (Wildman–Crippen LogP) is 6.73. The van der Waals surface area contributed by atoms with Crippen LogP contribution in [0.2, 0.25) is 5.02 Å². The standard InChI is InChI=1S/C50H58ClN11O6S2/c1-28-30(3)70-49-41(28)42(33-13-15-35(51)16-14-33)55-38(45-58-57-31(4)62(45)49)24-40(63)52-18-21-68-22-20-60-19-17-37(59-60)46(64)56-44(50(5,6)7)48(66)61-26-36(67-8)23-39(61)47(65)53-25-32-9-11-34(12-10-32)43-29(2)54-27-69-43/h9-17,19,27,36,38-39,44H,18,20-26H2,1-8H3,(H,52,63)(H,53,65)(H,56,64)/t36-,38+,39+,44?/m1/s1. The van der Waals surface area contributed by atoms with Gasteiger partial charge in [-0.2, -0.15) is 5.10 Å². The maximum Gasteiger partial charge on any atom is 0.272 e. The van der Waals surface area contributed by atoms with Crippen LogP contribution in [-0.4, -0.2) is 115 Å². The zero-order chi connectivity index (χ0) is 49.9. The molecule has 20 heteroatoms. The third kappa shape index (κ3) is 11.1. The number of likely N-dealkylation sites (tertiary alicyclic amines) is 1. The quantitative estimate of drug-likeness (QED) is 0.0824. The molecule has 2 aromatic carbocycles. The molecule has 0 saturated carbocycles. The summed E-state index contributed by atoms with van der Waals surface area (Å²) in [4.78, 5) is 68.4. The van der Waals surface area contributed by atoms with E-state index in [1.807, 2.05) is 93.2 Å². The Morgan fingerprint density at radius 3 is 2.39 bits per heavy atom. The first-order chi connectivity index (χ1) is 33.5. The third-order valence-corrected chi connectivity index (χ3v) is 15.1. The molecule has 4 atom stereocenters. The highest BCUT2D eigenvalue weighted by molar-refractivity contribution is 7.15. The first kappa shape index (κ1) is 50.3. The van der Waals surface area contributed by atoms with Crippen LogP contribution in [-0.2, 0) is 36.9 Å². The van der Waals surface area contributed by atoms with Gasteiger partial charge in [-0.15, -0.1) is 32.9 Å². The molecular weight excluding hydrogens is 950 g/mol. The first-order valence-corrected chi connectivity index (χ1v) is 25.2. The number of halogens is 1. The molecule has 17 nitrogen and oxygen atoms in total. The van der Waals surface area contributed by atoms with E-state index in [0.29, 0.717) is 29.6 Å². The number of amides is 4. The number of hydrogen-bond donors (Lipinski definition) is 3. The Hall–Kier alpha value is -6.12. The van der Waals surface area contributed by atoms with Crippen molar-refractivity contribution in [3.05, 3.63) is 121 Å². The first-order valence-electron chi connectivity index (χ1n) is 23.2. The van der Waals surface area contributed by atoms with Gasteiger partial charge in [-0.25, -0.2) is 4.98 Å². The number of rotatable bonds is 17. The van der Waals surface area contributed by atoms with Crippen molar-refractivity contribution in [2.24, 2.45) is 10.4 Å². The molecule has 6 aromatic rings. The summed E-state index contributed by atoms with van der Waals surface area (Å²) in [7, 11) is 1.56. The fraction of sp³-hybridized carbons (Fsp3) is 0.420. The number of carbonyl (C=O) groups is 4. The van der Waals surface area contributed by atoms with Crippen LogP contribution < -0.4 is 16.0 Å². The summed E-state index contributed by atoms with van der Waals surface area (Å²) in [5, 5.41) is 23.8. The second kappa shape index (κ2) is 21.5. The van der Waals surface area contributed by atoms with Gasteiger partial charge in [0.1, 0.15) is 34.6 Å². The van der Waals surface area contributed by atoms with Crippen LogP contribution in [0.3, 0.4) is 0 Å². The average molecular weight is 1010 g/mol. The highest BCUT2D eigenvalue weighted by Crippen LogP contribution is 2.40. The van der Waals surface area contributed by atoms with E-state index in [-0.39, 0.29) is 68.8 Å². The summed E-state index contributed by atoms with van der Waals surface area (Å²) in [6, 6.07) is 14.7. The van der Waals surface area contributed by atoms with E-state index < -0.39 is 29.4 Å². The number of methoxy groups -OCH3 is 1. The Labute approximate surface area is 420 Å². The molecule has 1 unspecified atom stereocenters. The number of thiazole rings is 1. The molecule has 4 aromatic heterocycles. The Kier molecular flexibility index (Phi) is 15.4. The number of aryl methyl sites for hydroxylation is 3. The second-order valence-electron chi connectivity index (χ2n) is 18.6. The number of aliphatic imine (C=N–C) groups is 1. The molecule has 1 fully saturated rings. The molecule has 0 spiro atoms. The Morgan fingerprint density at radius 1 is 0.943 bits per heavy atom. The van der Waals surface area contributed by atoms with Crippen molar-refractivity contribution < 1.29 is 28.7 Å². The SMILES string of the molecule is CO[C@@H]1C[C@@H](C(=O)NCc2ccc(-c3scnc3C)cc2)N(C(=O)C(NC(=O)c2ccn(CCOCCNC(=O)C[C@@H]3N=C(c4ccc(Cl)cc4)c4c(sc(C)c4C)-n4c(C)nnc43)n2)C(C)(C)C)C1. The zero-order valence-corrected chi connectivity index (χ0v) is 42.9. The summed E-state index contributed by atoms with van der Waals surface area (Å²) < 4.78 is 15.1. The number of benzene rings is 2. The van der Waals surface area contributed by atoms with Gasteiger partial charge in [-0.05, 0) is 68.0 Å². The van der Waals surface area contributed by atoms with Crippen LogP contribution >= 0.6 is 34.3 Å². The molecule has 4 amide bonds. The van der Waals surface area contributed by atoms with E-state index in [2.05, 4.69) is 50.1 Å². The summed E-state index contributed by atoms with van der Waals surface area (Å²) in [5.41, 5.74) is 7.96. The molecule has 0 aliphatic carbocycles. The monoisotopic (exact) mass is 1010 g/mol. The average Bonchev–Trinajstić information content (AvgIpc) is 4.19. The minimum atomic E-state index is -0.971. The van der Waals surface area contributed by atoms with Gasteiger partial charge in [0.05, 0.1) is 54.1 Å². The van der Waals surface area contributed by atoms with E-state index in [1.165, 1.54) is 4.90 Å². The highest BCUT2D eigenvalue weighted by Gasteiger charge is 2.45. The van der Waals surface area contributed by atoms with Gasteiger partial charge in [0.25, 0.3) is 5.91 Å². The Balaban J connectivity index is 0.822. The molecule has 70 heavy (non-hydrogen) atoms. The largest absolute Gasteiger partial charge is 0.380 e. The molecule has 8 rings (SSSR count). The highest BCUT2D eigenvalue weighted by atomic mass is 35.5. The van der Waals surface area contributed by atoms with Gasteiger partial charge in [0.2, 0.25) is 17.7 Å². The van der Waals surface area contributed by atoms with E-state index in [9.17, 15) is 19.2 Å².